The lowest BCUT2D eigenvalue weighted by Crippen LogP contribution is -2.31. The number of nitrogens with zero attached hydrogens (tertiary/aromatic N) is 1. The first-order valence-electron chi connectivity index (χ1n) is 4.53. The molecule has 0 saturated heterocycles. The van der Waals surface area contributed by atoms with Gasteiger partial charge in [0.25, 0.3) is 11.8 Å². The molecule has 1 aliphatic rings. The number of benzene rings is 1. The number of imide groups is 1. The van der Waals surface area contributed by atoms with E-state index >= 15 is 0 Å². The zero-order chi connectivity index (χ0) is 11.9. The summed E-state index contributed by atoms with van der Waals surface area (Å²) in [4.78, 5) is 24.0. The van der Waals surface area contributed by atoms with E-state index in [4.69, 9.17) is 0 Å². The minimum absolute atomic E-state index is 0.0365. The lowest BCUT2D eigenvalue weighted by molar-refractivity contribution is -0.120. The van der Waals surface area contributed by atoms with Gasteiger partial charge in [-0.25, -0.2) is 9.29 Å². The van der Waals surface area contributed by atoms with Gasteiger partial charge < -0.3 is 0 Å². The first kappa shape index (κ1) is 11.0. The van der Waals surface area contributed by atoms with Gasteiger partial charge in [0.15, 0.2) is 0 Å². The van der Waals surface area contributed by atoms with Gasteiger partial charge in [-0.05, 0) is 35.0 Å². The topological polar surface area (TPSA) is 37.4 Å². The Balaban J connectivity index is 2.55. The Morgan fingerprint density at radius 3 is 2.50 bits per heavy atom. The zero-order valence-electron chi connectivity index (χ0n) is 8.33. The SMILES string of the molecule is CC1=CC(=O)N(c2c(F)cccc2Br)C1=O. The number of rotatable bonds is 1. The first-order chi connectivity index (χ1) is 7.52. The van der Waals surface area contributed by atoms with Gasteiger partial charge in [-0.3, -0.25) is 9.59 Å². The van der Waals surface area contributed by atoms with Crippen molar-refractivity contribution in [2.45, 2.75) is 6.92 Å². The van der Waals surface area contributed by atoms with Crippen LogP contribution >= 0.6 is 15.9 Å². The number of carbonyl (C=O) groups is 2. The summed E-state index contributed by atoms with van der Waals surface area (Å²) >= 11 is 3.12. The molecule has 0 atom stereocenters. The van der Waals surface area contributed by atoms with Crippen molar-refractivity contribution in [3.63, 3.8) is 0 Å². The molecule has 16 heavy (non-hydrogen) atoms. The van der Waals surface area contributed by atoms with Gasteiger partial charge in [-0.15, -0.1) is 0 Å². The predicted molar refractivity (Wildman–Crippen MR) is 60.4 cm³/mol. The molecule has 3 nitrogen and oxygen atoms in total. The van der Waals surface area contributed by atoms with Gasteiger partial charge in [0.05, 0.1) is 0 Å². The Hall–Kier alpha value is -1.49. The summed E-state index contributed by atoms with van der Waals surface area (Å²) in [6.07, 6.45) is 1.20. The zero-order valence-corrected chi connectivity index (χ0v) is 9.92. The molecule has 1 aromatic rings. The molecule has 0 fully saturated rings. The van der Waals surface area contributed by atoms with E-state index in [9.17, 15) is 14.0 Å². The fourth-order valence-corrected chi connectivity index (χ4v) is 2.02. The Morgan fingerprint density at radius 1 is 1.31 bits per heavy atom. The highest BCUT2D eigenvalue weighted by atomic mass is 79.9. The third kappa shape index (κ3) is 1.57. The lowest BCUT2D eigenvalue weighted by Gasteiger charge is -2.16. The summed E-state index contributed by atoms with van der Waals surface area (Å²) in [6.45, 7) is 1.52. The highest BCUT2D eigenvalue weighted by Gasteiger charge is 2.32. The van der Waals surface area contributed by atoms with Crippen molar-refractivity contribution in [1.82, 2.24) is 0 Å². The van der Waals surface area contributed by atoms with Gasteiger partial charge >= 0.3 is 0 Å². The summed E-state index contributed by atoms with van der Waals surface area (Å²) in [5, 5.41) is 0. The molecule has 0 aromatic heterocycles. The van der Waals surface area contributed by atoms with Gasteiger partial charge in [-0.2, -0.15) is 0 Å². The average Bonchev–Trinajstić information content (AvgIpc) is 2.44. The second kappa shape index (κ2) is 3.83. The number of hydrogen-bond donors (Lipinski definition) is 0. The third-order valence-electron chi connectivity index (χ3n) is 2.26. The molecule has 1 aromatic carbocycles. The maximum absolute atomic E-state index is 13.6. The van der Waals surface area contributed by atoms with Crippen molar-refractivity contribution in [2.75, 3.05) is 4.90 Å². The van der Waals surface area contributed by atoms with Crippen molar-refractivity contribution < 1.29 is 14.0 Å². The second-order valence-corrected chi connectivity index (χ2v) is 4.23. The molecule has 1 heterocycles. The maximum atomic E-state index is 13.6. The summed E-state index contributed by atoms with van der Waals surface area (Å²) < 4.78 is 13.9. The van der Waals surface area contributed by atoms with Crippen molar-refractivity contribution in [3.8, 4) is 0 Å². The van der Waals surface area contributed by atoms with Crippen LogP contribution in [0.2, 0.25) is 0 Å². The minimum atomic E-state index is -0.612. The third-order valence-corrected chi connectivity index (χ3v) is 2.90. The molecular formula is C11H7BrFNO2. The number of halogens is 2. The molecular weight excluding hydrogens is 277 g/mol. The second-order valence-electron chi connectivity index (χ2n) is 3.38. The molecule has 1 aliphatic heterocycles. The summed E-state index contributed by atoms with van der Waals surface area (Å²) in [5.41, 5.74) is 0.269. The van der Waals surface area contributed by atoms with E-state index in [0.717, 1.165) is 4.90 Å². The van der Waals surface area contributed by atoms with Crippen molar-refractivity contribution in [1.29, 1.82) is 0 Å². The molecule has 5 heteroatoms. The molecule has 0 radical (unpaired) electrons. The molecule has 2 amide bonds. The van der Waals surface area contributed by atoms with Gasteiger partial charge in [0, 0.05) is 16.1 Å². The first-order valence-corrected chi connectivity index (χ1v) is 5.32. The molecule has 2 rings (SSSR count). The Bertz CT molecular complexity index is 504. The fourth-order valence-electron chi connectivity index (χ4n) is 1.50. The van der Waals surface area contributed by atoms with E-state index in [0.29, 0.717) is 10.0 Å². The molecule has 0 aliphatic carbocycles. The predicted octanol–water partition coefficient (Wildman–Crippen LogP) is 2.41. The summed E-state index contributed by atoms with van der Waals surface area (Å²) in [5.74, 6) is -1.62. The van der Waals surface area contributed by atoms with Crippen LogP contribution in [0.5, 0.6) is 0 Å². The number of amides is 2. The van der Waals surface area contributed by atoms with E-state index in [1.807, 2.05) is 0 Å². The van der Waals surface area contributed by atoms with Crippen LogP contribution in [-0.2, 0) is 9.59 Å². The van der Waals surface area contributed by atoms with E-state index < -0.39 is 17.6 Å². The van der Waals surface area contributed by atoms with Crippen LogP contribution in [0.3, 0.4) is 0 Å². The van der Waals surface area contributed by atoms with Crippen LogP contribution < -0.4 is 4.90 Å². The quantitative estimate of drug-likeness (QED) is 0.743. The van der Waals surface area contributed by atoms with E-state index in [2.05, 4.69) is 15.9 Å². The number of hydrogen-bond acceptors (Lipinski definition) is 2. The summed E-state index contributed by atoms with van der Waals surface area (Å²) in [6, 6.07) is 4.27. The standard InChI is InChI=1S/C11H7BrFNO2/c1-6-5-9(15)14(11(6)16)10-7(12)3-2-4-8(10)13/h2-5H,1H3. The van der Waals surface area contributed by atoms with E-state index in [1.54, 1.807) is 6.07 Å². The van der Waals surface area contributed by atoms with Crippen molar-refractivity contribution in [3.05, 3.63) is 40.1 Å². The van der Waals surface area contributed by atoms with Gasteiger partial charge in [-0.1, -0.05) is 6.07 Å². The highest BCUT2D eigenvalue weighted by Crippen LogP contribution is 2.32. The molecule has 0 spiro atoms. The average molecular weight is 284 g/mol. The number of anilines is 1. The lowest BCUT2D eigenvalue weighted by atomic mass is 10.2. The number of para-hydroxylation sites is 1. The smallest absolute Gasteiger partial charge is 0.261 e. The maximum Gasteiger partial charge on any atom is 0.261 e. The summed E-state index contributed by atoms with van der Waals surface area (Å²) in [7, 11) is 0. The van der Waals surface area contributed by atoms with E-state index in [-0.39, 0.29) is 5.69 Å². The Kier molecular flexibility index (Phi) is 2.63. The van der Waals surface area contributed by atoms with E-state index in [1.165, 1.54) is 25.1 Å². The highest BCUT2D eigenvalue weighted by molar-refractivity contribution is 9.10. The van der Waals surface area contributed by atoms with Crippen LogP contribution in [0.15, 0.2) is 34.3 Å². The van der Waals surface area contributed by atoms with Gasteiger partial charge in [0.2, 0.25) is 0 Å². The number of carbonyl (C=O) groups excluding carboxylic acids is 2. The van der Waals surface area contributed by atoms with Crippen molar-refractivity contribution in [2.24, 2.45) is 0 Å². The monoisotopic (exact) mass is 283 g/mol. The minimum Gasteiger partial charge on any atom is -0.269 e. The molecule has 0 saturated carbocycles. The molecule has 0 bridgehead atoms. The Labute approximate surface area is 99.7 Å². The molecule has 0 N–H and O–H groups in total. The van der Waals surface area contributed by atoms with Crippen LogP contribution in [0.1, 0.15) is 6.92 Å². The van der Waals surface area contributed by atoms with Crippen LogP contribution in [0.4, 0.5) is 10.1 Å². The molecule has 0 unspecified atom stereocenters. The fraction of sp³-hybridized carbons (Fsp3) is 0.0909. The van der Waals surface area contributed by atoms with Gasteiger partial charge in [0.1, 0.15) is 11.5 Å². The molecule has 82 valence electrons. The van der Waals surface area contributed by atoms with Crippen LogP contribution in [0, 0.1) is 5.82 Å². The largest absolute Gasteiger partial charge is 0.269 e. The van der Waals surface area contributed by atoms with Crippen LogP contribution in [-0.4, -0.2) is 11.8 Å². The van der Waals surface area contributed by atoms with Crippen molar-refractivity contribution >= 4 is 33.4 Å². The normalized spacial score (nSPS) is 15.7. The van der Waals surface area contributed by atoms with Crippen LogP contribution in [0.25, 0.3) is 0 Å². The Morgan fingerprint density at radius 2 is 2.00 bits per heavy atom.